The number of carbonyl (C=O) groups excluding carboxylic acids is 1. The fourth-order valence-corrected chi connectivity index (χ4v) is 2.65. The molecule has 0 aromatic rings. The van der Waals surface area contributed by atoms with Gasteiger partial charge in [-0.15, -0.1) is 0 Å². The van der Waals surface area contributed by atoms with E-state index in [1.165, 1.54) is 0 Å². The molecule has 0 bridgehead atoms. The molecule has 0 aliphatic carbocycles. The van der Waals surface area contributed by atoms with Gasteiger partial charge in [-0.3, -0.25) is 4.79 Å². The van der Waals surface area contributed by atoms with Crippen LogP contribution in [0.15, 0.2) is 0 Å². The third-order valence-corrected chi connectivity index (χ3v) is 3.84. The van der Waals surface area contributed by atoms with Crippen molar-refractivity contribution in [3.63, 3.8) is 0 Å². The number of nitrogens with zero attached hydrogens (tertiary/aromatic N) is 1. The van der Waals surface area contributed by atoms with Crippen LogP contribution in [0, 0.1) is 0 Å². The predicted molar refractivity (Wildman–Crippen MR) is 76.8 cm³/mol. The predicted octanol–water partition coefficient (Wildman–Crippen LogP) is 1.48. The van der Waals surface area contributed by atoms with Crippen LogP contribution < -0.4 is 5.73 Å². The van der Waals surface area contributed by atoms with Gasteiger partial charge in [-0.25, -0.2) is 0 Å². The molecule has 1 aliphatic rings. The Balaban J connectivity index is 2.37. The van der Waals surface area contributed by atoms with Crippen molar-refractivity contribution in [2.45, 2.75) is 44.8 Å². The fourth-order valence-electron chi connectivity index (χ4n) is 2.16. The molecule has 2 N–H and O–H groups in total. The molecular formula is C13H26N2O2S. The first kappa shape index (κ1) is 15.8. The summed E-state index contributed by atoms with van der Waals surface area (Å²) in [4.78, 5) is 14.0. The van der Waals surface area contributed by atoms with Crippen LogP contribution in [0.1, 0.15) is 32.6 Å². The number of carbonyl (C=O) groups is 1. The summed E-state index contributed by atoms with van der Waals surface area (Å²) in [6.07, 6.45) is 6.11. The van der Waals surface area contributed by atoms with Crippen molar-refractivity contribution < 1.29 is 9.53 Å². The molecule has 1 amide bonds. The summed E-state index contributed by atoms with van der Waals surface area (Å²) in [6.45, 7) is 4.43. The number of hydrogen-bond acceptors (Lipinski definition) is 4. The monoisotopic (exact) mass is 274 g/mol. The van der Waals surface area contributed by atoms with Crippen LogP contribution in [0.4, 0.5) is 0 Å². The first-order chi connectivity index (χ1) is 8.69. The second-order valence-corrected chi connectivity index (χ2v) is 5.79. The molecule has 1 unspecified atom stereocenters. The largest absolute Gasteiger partial charge is 0.376 e. The molecule has 0 spiro atoms. The van der Waals surface area contributed by atoms with Gasteiger partial charge in [0.15, 0.2) is 0 Å². The molecule has 1 saturated heterocycles. The number of amides is 1. The highest BCUT2D eigenvalue weighted by molar-refractivity contribution is 7.98. The average Bonchev–Trinajstić information content (AvgIpc) is 2.42. The number of likely N-dealkylation sites (tertiary alicyclic amines) is 1. The minimum absolute atomic E-state index is 0.0915. The molecule has 1 aliphatic heterocycles. The lowest BCUT2D eigenvalue weighted by Gasteiger charge is -2.34. The number of ether oxygens (including phenoxy) is 1. The maximum absolute atomic E-state index is 12.2. The molecule has 18 heavy (non-hydrogen) atoms. The summed E-state index contributed by atoms with van der Waals surface area (Å²) in [5.41, 5.74) is 5.93. The summed E-state index contributed by atoms with van der Waals surface area (Å²) in [5, 5.41) is 0. The standard InChI is InChI=1S/C13H26N2O2S/c1-3-8-17-11-5-4-7-15(10-11)13(16)12(14)6-9-18-2/h11-12H,3-10,14H2,1-2H3/t11?,12-/m1/s1. The topological polar surface area (TPSA) is 55.6 Å². The van der Waals surface area contributed by atoms with Crippen LogP contribution in [0.3, 0.4) is 0 Å². The Labute approximate surface area is 115 Å². The first-order valence-electron chi connectivity index (χ1n) is 6.84. The van der Waals surface area contributed by atoms with Crippen molar-refractivity contribution >= 4 is 17.7 Å². The van der Waals surface area contributed by atoms with E-state index in [1.54, 1.807) is 11.8 Å². The lowest BCUT2D eigenvalue weighted by atomic mass is 10.1. The molecule has 1 fully saturated rings. The number of hydrogen-bond donors (Lipinski definition) is 1. The molecule has 106 valence electrons. The zero-order valence-electron chi connectivity index (χ0n) is 11.6. The van der Waals surface area contributed by atoms with E-state index in [2.05, 4.69) is 6.92 Å². The zero-order chi connectivity index (χ0) is 13.4. The normalized spacial score (nSPS) is 21.9. The molecule has 0 aromatic heterocycles. The van der Waals surface area contributed by atoms with Crippen LogP contribution in [0.25, 0.3) is 0 Å². The van der Waals surface area contributed by atoms with Crippen molar-refractivity contribution in [2.75, 3.05) is 31.7 Å². The third kappa shape index (κ3) is 5.16. The SMILES string of the molecule is CCCOC1CCCN(C(=O)[C@H](N)CCSC)C1. The van der Waals surface area contributed by atoms with E-state index in [9.17, 15) is 4.79 Å². The Hall–Kier alpha value is -0.260. The highest BCUT2D eigenvalue weighted by Gasteiger charge is 2.27. The van der Waals surface area contributed by atoms with Crippen LogP contribution >= 0.6 is 11.8 Å². The third-order valence-electron chi connectivity index (χ3n) is 3.20. The Bertz CT molecular complexity index is 251. The highest BCUT2D eigenvalue weighted by atomic mass is 32.2. The molecule has 0 aromatic carbocycles. The molecule has 1 heterocycles. The van der Waals surface area contributed by atoms with Gasteiger partial charge in [-0.1, -0.05) is 6.92 Å². The summed E-state index contributed by atoms with van der Waals surface area (Å²) in [6, 6.07) is -0.345. The van der Waals surface area contributed by atoms with Gasteiger partial charge >= 0.3 is 0 Å². The number of piperidine rings is 1. The van der Waals surface area contributed by atoms with Gasteiger partial charge in [0.05, 0.1) is 12.1 Å². The van der Waals surface area contributed by atoms with E-state index >= 15 is 0 Å². The molecule has 4 nitrogen and oxygen atoms in total. The highest BCUT2D eigenvalue weighted by Crippen LogP contribution is 2.15. The van der Waals surface area contributed by atoms with E-state index in [-0.39, 0.29) is 18.1 Å². The lowest BCUT2D eigenvalue weighted by molar-refractivity contribution is -0.136. The molecular weight excluding hydrogens is 248 g/mol. The summed E-state index contributed by atoms with van der Waals surface area (Å²) in [5.74, 6) is 1.03. The second kappa shape index (κ2) is 8.77. The van der Waals surface area contributed by atoms with Crippen LogP contribution in [-0.2, 0) is 9.53 Å². The fraction of sp³-hybridized carbons (Fsp3) is 0.923. The second-order valence-electron chi connectivity index (χ2n) is 4.81. The van der Waals surface area contributed by atoms with Gasteiger partial charge in [0.2, 0.25) is 5.91 Å². The van der Waals surface area contributed by atoms with E-state index in [4.69, 9.17) is 10.5 Å². The van der Waals surface area contributed by atoms with E-state index in [0.29, 0.717) is 6.54 Å². The zero-order valence-corrected chi connectivity index (χ0v) is 12.4. The smallest absolute Gasteiger partial charge is 0.239 e. The number of thioether (sulfide) groups is 1. The van der Waals surface area contributed by atoms with Crippen molar-refractivity contribution in [3.8, 4) is 0 Å². The lowest BCUT2D eigenvalue weighted by Crippen LogP contribution is -2.50. The molecule has 5 heteroatoms. The van der Waals surface area contributed by atoms with Crippen molar-refractivity contribution in [2.24, 2.45) is 5.73 Å². The average molecular weight is 274 g/mol. The Kier molecular flexibility index (Phi) is 7.70. The van der Waals surface area contributed by atoms with E-state index in [0.717, 1.165) is 44.6 Å². The van der Waals surface area contributed by atoms with Gasteiger partial charge in [0.25, 0.3) is 0 Å². The Morgan fingerprint density at radius 1 is 1.61 bits per heavy atom. The number of rotatable bonds is 7. The minimum atomic E-state index is -0.345. The first-order valence-corrected chi connectivity index (χ1v) is 8.23. The van der Waals surface area contributed by atoms with Crippen LogP contribution in [0.2, 0.25) is 0 Å². The van der Waals surface area contributed by atoms with Gasteiger partial charge in [-0.2, -0.15) is 11.8 Å². The van der Waals surface area contributed by atoms with Crippen molar-refractivity contribution in [1.29, 1.82) is 0 Å². The van der Waals surface area contributed by atoms with Gasteiger partial charge < -0.3 is 15.4 Å². The Morgan fingerprint density at radius 2 is 2.39 bits per heavy atom. The molecule has 0 radical (unpaired) electrons. The molecule has 1 rings (SSSR count). The number of nitrogens with two attached hydrogens (primary N) is 1. The molecule has 2 atom stereocenters. The van der Waals surface area contributed by atoms with Gasteiger partial charge in [-0.05, 0) is 37.7 Å². The van der Waals surface area contributed by atoms with E-state index in [1.807, 2.05) is 11.2 Å². The van der Waals surface area contributed by atoms with Crippen molar-refractivity contribution in [1.82, 2.24) is 4.90 Å². The van der Waals surface area contributed by atoms with Gasteiger partial charge in [0, 0.05) is 19.7 Å². The van der Waals surface area contributed by atoms with Gasteiger partial charge in [0.1, 0.15) is 0 Å². The van der Waals surface area contributed by atoms with Crippen LogP contribution in [-0.4, -0.2) is 54.7 Å². The maximum atomic E-state index is 12.2. The van der Waals surface area contributed by atoms with E-state index < -0.39 is 0 Å². The maximum Gasteiger partial charge on any atom is 0.239 e. The molecule has 0 saturated carbocycles. The Morgan fingerprint density at radius 3 is 3.06 bits per heavy atom. The summed E-state index contributed by atoms with van der Waals surface area (Å²) < 4.78 is 5.73. The minimum Gasteiger partial charge on any atom is -0.376 e. The van der Waals surface area contributed by atoms with Crippen LogP contribution in [0.5, 0.6) is 0 Å². The quantitative estimate of drug-likeness (QED) is 0.764. The van der Waals surface area contributed by atoms with Crippen molar-refractivity contribution in [3.05, 3.63) is 0 Å². The summed E-state index contributed by atoms with van der Waals surface area (Å²) in [7, 11) is 0. The summed E-state index contributed by atoms with van der Waals surface area (Å²) >= 11 is 1.73.